The number of piperazine rings is 1. The van der Waals surface area contributed by atoms with Gasteiger partial charge in [-0.25, -0.2) is 0 Å². The second-order valence-corrected chi connectivity index (χ2v) is 6.26. The monoisotopic (exact) mass is 268 g/mol. The van der Waals surface area contributed by atoms with Gasteiger partial charge < -0.3 is 10.2 Å². The molecule has 0 spiro atoms. The SMILES string of the molecule is C=CCSCCN1CC(=O)NC(C)(C2CC2)C1=O. The van der Waals surface area contributed by atoms with Crippen LogP contribution in [0.15, 0.2) is 12.7 Å². The number of nitrogens with zero attached hydrogens (tertiary/aromatic N) is 1. The zero-order chi connectivity index (χ0) is 13.2. The van der Waals surface area contributed by atoms with Gasteiger partial charge in [0.05, 0.1) is 6.54 Å². The van der Waals surface area contributed by atoms with Crippen molar-refractivity contribution in [3.05, 3.63) is 12.7 Å². The highest BCUT2D eigenvalue weighted by Gasteiger charge is 2.52. The van der Waals surface area contributed by atoms with Crippen LogP contribution in [0.25, 0.3) is 0 Å². The summed E-state index contributed by atoms with van der Waals surface area (Å²) in [5.41, 5.74) is -0.654. The molecule has 18 heavy (non-hydrogen) atoms. The van der Waals surface area contributed by atoms with Crippen molar-refractivity contribution in [3.63, 3.8) is 0 Å². The Bertz CT molecular complexity index is 368. The van der Waals surface area contributed by atoms with Crippen molar-refractivity contribution < 1.29 is 9.59 Å². The smallest absolute Gasteiger partial charge is 0.248 e. The normalized spacial score (nSPS) is 28.2. The van der Waals surface area contributed by atoms with Crippen molar-refractivity contribution in [2.24, 2.45) is 5.92 Å². The lowest BCUT2D eigenvalue weighted by atomic mass is 9.91. The van der Waals surface area contributed by atoms with Crippen LogP contribution in [0.4, 0.5) is 0 Å². The minimum atomic E-state index is -0.654. The molecule has 0 aromatic rings. The van der Waals surface area contributed by atoms with Gasteiger partial charge in [-0.1, -0.05) is 6.08 Å². The van der Waals surface area contributed by atoms with E-state index in [1.165, 1.54) is 0 Å². The molecule has 0 aromatic carbocycles. The van der Waals surface area contributed by atoms with Crippen LogP contribution in [0.5, 0.6) is 0 Å². The summed E-state index contributed by atoms with van der Waals surface area (Å²) in [6, 6.07) is 0. The first kappa shape index (κ1) is 13.5. The van der Waals surface area contributed by atoms with E-state index in [9.17, 15) is 9.59 Å². The van der Waals surface area contributed by atoms with Crippen molar-refractivity contribution in [2.75, 3.05) is 24.6 Å². The van der Waals surface area contributed by atoms with Gasteiger partial charge in [0.25, 0.3) is 0 Å². The van der Waals surface area contributed by atoms with Crippen molar-refractivity contribution in [2.45, 2.75) is 25.3 Å². The number of amides is 2. The summed E-state index contributed by atoms with van der Waals surface area (Å²) in [7, 11) is 0. The summed E-state index contributed by atoms with van der Waals surface area (Å²) in [5.74, 6) is 2.12. The molecular formula is C13H20N2O2S. The molecule has 1 aliphatic carbocycles. The van der Waals surface area contributed by atoms with E-state index < -0.39 is 5.54 Å². The second-order valence-electron chi connectivity index (χ2n) is 5.12. The minimum Gasteiger partial charge on any atom is -0.340 e. The third kappa shape index (κ3) is 2.71. The highest BCUT2D eigenvalue weighted by atomic mass is 32.2. The Morgan fingerprint density at radius 1 is 1.56 bits per heavy atom. The van der Waals surface area contributed by atoms with Crippen LogP contribution < -0.4 is 5.32 Å². The lowest BCUT2D eigenvalue weighted by molar-refractivity contribution is -0.149. The molecule has 4 nitrogen and oxygen atoms in total. The maximum atomic E-state index is 12.4. The second kappa shape index (κ2) is 5.34. The number of thioether (sulfide) groups is 1. The van der Waals surface area contributed by atoms with E-state index in [1.54, 1.807) is 16.7 Å². The van der Waals surface area contributed by atoms with Gasteiger partial charge in [0.15, 0.2) is 0 Å². The van der Waals surface area contributed by atoms with E-state index in [4.69, 9.17) is 0 Å². The van der Waals surface area contributed by atoms with Gasteiger partial charge in [0.1, 0.15) is 5.54 Å². The maximum absolute atomic E-state index is 12.4. The van der Waals surface area contributed by atoms with E-state index in [1.807, 2.05) is 13.0 Å². The number of rotatable bonds is 6. The lowest BCUT2D eigenvalue weighted by Gasteiger charge is -2.40. The minimum absolute atomic E-state index is 0.0299. The summed E-state index contributed by atoms with van der Waals surface area (Å²) in [4.78, 5) is 25.8. The summed E-state index contributed by atoms with van der Waals surface area (Å²) in [5, 5.41) is 2.88. The number of carbonyl (C=O) groups excluding carboxylic acids is 2. The zero-order valence-electron chi connectivity index (χ0n) is 10.8. The van der Waals surface area contributed by atoms with Crippen molar-refractivity contribution in [1.82, 2.24) is 10.2 Å². The molecule has 1 atom stereocenters. The maximum Gasteiger partial charge on any atom is 0.248 e. The molecule has 100 valence electrons. The zero-order valence-corrected chi connectivity index (χ0v) is 11.6. The van der Waals surface area contributed by atoms with Crippen LogP contribution >= 0.6 is 11.8 Å². The molecule has 2 fully saturated rings. The Morgan fingerprint density at radius 3 is 2.89 bits per heavy atom. The molecule has 0 bridgehead atoms. The highest BCUT2D eigenvalue weighted by molar-refractivity contribution is 7.99. The predicted octanol–water partition coefficient (Wildman–Crippen LogP) is 1.03. The Hall–Kier alpha value is -0.970. The molecular weight excluding hydrogens is 248 g/mol. The van der Waals surface area contributed by atoms with Crippen LogP contribution in [0, 0.1) is 5.92 Å². The van der Waals surface area contributed by atoms with Gasteiger partial charge in [0, 0.05) is 18.1 Å². The van der Waals surface area contributed by atoms with E-state index in [0.717, 1.165) is 24.3 Å². The molecule has 0 radical (unpaired) electrons. The third-order valence-corrected chi connectivity index (χ3v) is 4.54. The van der Waals surface area contributed by atoms with Crippen LogP contribution in [0.3, 0.4) is 0 Å². The van der Waals surface area contributed by atoms with Gasteiger partial charge in [-0.2, -0.15) is 11.8 Å². The number of hydrogen-bond donors (Lipinski definition) is 1. The molecule has 1 saturated carbocycles. The number of nitrogens with one attached hydrogen (secondary N) is 1. The van der Waals surface area contributed by atoms with E-state index >= 15 is 0 Å². The number of hydrogen-bond acceptors (Lipinski definition) is 3. The largest absolute Gasteiger partial charge is 0.340 e. The van der Waals surface area contributed by atoms with Gasteiger partial charge in [-0.15, -0.1) is 6.58 Å². The Balaban J connectivity index is 1.95. The predicted molar refractivity (Wildman–Crippen MR) is 73.4 cm³/mol. The van der Waals surface area contributed by atoms with Gasteiger partial charge in [0.2, 0.25) is 11.8 Å². The van der Waals surface area contributed by atoms with Crippen LogP contribution in [-0.4, -0.2) is 46.8 Å². The molecule has 0 aromatic heterocycles. The molecule has 1 unspecified atom stereocenters. The Morgan fingerprint density at radius 2 is 2.28 bits per heavy atom. The van der Waals surface area contributed by atoms with Crippen molar-refractivity contribution in [1.29, 1.82) is 0 Å². The quantitative estimate of drug-likeness (QED) is 0.578. The van der Waals surface area contributed by atoms with E-state index in [2.05, 4.69) is 11.9 Å². The van der Waals surface area contributed by atoms with Crippen molar-refractivity contribution >= 4 is 23.6 Å². The average Bonchev–Trinajstić information content (AvgIpc) is 3.14. The lowest BCUT2D eigenvalue weighted by Crippen LogP contribution is -2.66. The first-order valence-electron chi connectivity index (χ1n) is 6.37. The van der Waals surface area contributed by atoms with Crippen LogP contribution in [0.2, 0.25) is 0 Å². The van der Waals surface area contributed by atoms with Crippen LogP contribution in [0.1, 0.15) is 19.8 Å². The van der Waals surface area contributed by atoms with Crippen LogP contribution in [-0.2, 0) is 9.59 Å². The average molecular weight is 268 g/mol. The topological polar surface area (TPSA) is 49.4 Å². The van der Waals surface area contributed by atoms with Crippen molar-refractivity contribution in [3.8, 4) is 0 Å². The molecule has 2 amide bonds. The summed E-state index contributed by atoms with van der Waals surface area (Å²) >= 11 is 1.73. The fourth-order valence-electron chi connectivity index (χ4n) is 2.42. The molecule has 5 heteroatoms. The summed E-state index contributed by atoms with van der Waals surface area (Å²) in [6.07, 6.45) is 3.94. The molecule has 2 rings (SSSR count). The first-order valence-corrected chi connectivity index (χ1v) is 7.52. The third-order valence-electron chi connectivity index (χ3n) is 3.60. The highest BCUT2D eigenvalue weighted by Crippen LogP contribution is 2.41. The molecule has 1 N–H and O–H groups in total. The molecule has 1 heterocycles. The van der Waals surface area contributed by atoms with Gasteiger partial charge in [-0.05, 0) is 25.7 Å². The Labute approximate surface area is 112 Å². The fraction of sp³-hybridized carbons (Fsp3) is 0.692. The molecule has 1 aliphatic heterocycles. The fourth-order valence-corrected chi connectivity index (χ4v) is 3.10. The molecule has 1 saturated heterocycles. The number of carbonyl (C=O) groups is 2. The van der Waals surface area contributed by atoms with Gasteiger partial charge in [-0.3, -0.25) is 9.59 Å². The molecule has 2 aliphatic rings. The van der Waals surface area contributed by atoms with E-state index in [-0.39, 0.29) is 18.4 Å². The summed E-state index contributed by atoms with van der Waals surface area (Å²) < 4.78 is 0. The van der Waals surface area contributed by atoms with Gasteiger partial charge >= 0.3 is 0 Å². The summed E-state index contributed by atoms with van der Waals surface area (Å²) in [6.45, 7) is 6.38. The van der Waals surface area contributed by atoms with E-state index in [0.29, 0.717) is 12.5 Å². The first-order chi connectivity index (χ1) is 8.58. The Kier molecular flexibility index (Phi) is 4.00. The standard InChI is InChI=1S/C13H20N2O2S/c1-3-7-18-8-6-15-9-11(16)14-13(2,12(15)17)10-4-5-10/h3,10H,1,4-9H2,2H3,(H,14,16).